The second kappa shape index (κ2) is 9.25. The van der Waals surface area contributed by atoms with E-state index in [4.69, 9.17) is 18.9 Å². The van der Waals surface area contributed by atoms with Crippen molar-refractivity contribution in [3.05, 3.63) is 36.4 Å². The van der Waals surface area contributed by atoms with Crippen LogP contribution in [0.5, 0.6) is 23.0 Å². The molecule has 9 nitrogen and oxygen atoms in total. The highest BCUT2D eigenvalue weighted by molar-refractivity contribution is 5.95. The average molecular weight is 415 g/mol. The molecule has 1 aliphatic heterocycles. The molecular formula is C21H25N3O6. The van der Waals surface area contributed by atoms with E-state index < -0.39 is 6.10 Å². The number of para-hydroxylation sites is 2. The number of benzene rings is 2. The Morgan fingerprint density at radius 3 is 2.37 bits per heavy atom. The zero-order valence-corrected chi connectivity index (χ0v) is 17.4. The van der Waals surface area contributed by atoms with Gasteiger partial charge < -0.3 is 34.5 Å². The van der Waals surface area contributed by atoms with Gasteiger partial charge in [0.2, 0.25) is 11.7 Å². The average Bonchev–Trinajstić information content (AvgIpc) is 2.77. The zero-order valence-electron chi connectivity index (χ0n) is 17.4. The minimum Gasteiger partial charge on any atom is -0.493 e. The number of hydrogen-bond acceptors (Lipinski definition) is 7. The molecule has 1 unspecified atom stereocenters. The summed E-state index contributed by atoms with van der Waals surface area (Å²) < 4.78 is 21.7. The van der Waals surface area contributed by atoms with Gasteiger partial charge in [-0.3, -0.25) is 9.59 Å². The molecule has 160 valence electrons. The first-order valence-electron chi connectivity index (χ1n) is 9.32. The summed E-state index contributed by atoms with van der Waals surface area (Å²) in [5.74, 6) is 1.34. The number of likely N-dealkylation sites (N-methyl/N-ethyl adjacent to an activating group) is 1. The van der Waals surface area contributed by atoms with Crippen molar-refractivity contribution in [2.45, 2.75) is 6.10 Å². The van der Waals surface area contributed by atoms with Crippen molar-refractivity contribution in [2.75, 3.05) is 51.7 Å². The number of fused-ring (bicyclic) bond motifs is 1. The third-order valence-electron chi connectivity index (χ3n) is 4.68. The maximum atomic E-state index is 12.8. The van der Waals surface area contributed by atoms with Crippen LogP contribution < -0.4 is 34.5 Å². The Hall–Kier alpha value is -3.62. The number of amides is 2. The van der Waals surface area contributed by atoms with E-state index in [1.165, 1.54) is 21.3 Å². The number of carbonyl (C=O) groups excluding carboxylic acids is 2. The van der Waals surface area contributed by atoms with E-state index in [0.29, 0.717) is 28.7 Å². The number of ether oxygens (including phenoxy) is 4. The number of nitrogens with one attached hydrogen (secondary N) is 2. The molecule has 2 aromatic carbocycles. The highest BCUT2D eigenvalue weighted by Gasteiger charge is 2.31. The number of hydrogen-bond donors (Lipinski definition) is 2. The molecule has 2 aromatic rings. The van der Waals surface area contributed by atoms with E-state index in [9.17, 15) is 9.59 Å². The summed E-state index contributed by atoms with van der Waals surface area (Å²) in [5, 5.41) is 5.43. The maximum Gasteiger partial charge on any atom is 0.262 e. The molecule has 0 saturated heterocycles. The monoisotopic (exact) mass is 415 g/mol. The molecule has 1 aliphatic rings. The molecule has 2 amide bonds. The third-order valence-corrected chi connectivity index (χ3v) is 4.68. The summed E-state index contributed by atoms with van der Waals surface area (Å²) in [4.78, 5) is 26.7. The van der Waals surface area contributed by atoms with Gasteiger partial charge in [-0.15, -0.1) is 0 Å². The van der Waals surface area contributed by atoms with Crippen molar-refractivity contribution in [1.29, 1.82) is 0 Å². The van der Waals surface area contributed by atoms with Gasteiger partial charge in [-0.2, -0.15) is 0 Å². The molecule has 0 aromatic heterocycles. The van der Waals surface area contributed by atoms with Gasteiger partial charge in [0, 0.05) is 24.9 Å². The Bertz CT molecular complexity index is 908. The van der Waals surface area contributed by atoms with Crippen LogP contribution in [0.1, 0.15) is 0 Å². The summed E-state index contributed by atoms with van der Waals surface area (Å²) in [6, 6.07) is 10.6. The van der Waals surface area contributed by atoms with Crippen LogP contribution in [-0.2, 0) is 9.59 Å². The molecule has 1 heterocycles. The second-order valence-electron chi connectivity index (χ2n) is 6.53. The number of anilines is 2. The van der Waals surface area contributed by atoms with E-state index in [1.54, 1.807) is 25.2 Å². The van der Waals surface area contributed by atoms with Crippen LogP contribution in [-0.4, -0.2) is 59.4 Å². The molecular weight excluding hydrogens is 390 g/mol. The Labute approximate surface area is 174 Å². The predicted octanol–water partition coefficient (Wildman–Crippen LogP) is 1.66. The molecule has 0 spiro atoms. The SMILES string of the molecule is CNC(=O)C1CN(CC(=O)Nc2cc(OC)c(OC)c(OC)c2)c2ccccc2O1. The van der Waals surface area contributed by atoms with Gasteiger partial charge >= 0.3 is 0 Å². The summed E-state index contributed by atoms with van der Waals surface area (Å²) in [7, 11) is 6.07. The summed E-state index contributed by atoms with van der Waals surface area (Å²) in [6.45, 7) is 0.282. The van der Waals surface area contributed by atoms with Crippen molar-refractivity contribution in [2.24, 2.45) is 0 Å². The molecule has 30 heavy (non-hydrogen) atoms. The molecule has 0 radical (unpaired) electrons. The Morgan fingerprint density at radius 1 is 1.10 bits per heavy atom. The maximum absolute atomic E-state index is 12.8. The van der Waals surface area contributed by atoms with Gasteiger partial charge in [-0.25, -0.2) is 0 Å². The van der Waals surface area contributed by atoms with Crippen molar-refractivity contribution < 1.29 is 28.5 Å². The van der Waals surface area contributed by atoms with Gasteiger partial charge in [0.05, 0.1) is 40.1 Å². The first-order chi connectivity index (χ1) is 14.5. The first kappa shape index (κ1) is 21.1. The van der Waals surface area contributed by atoms with E-state index in [0.717, 1.165) is 5.69 Å². The molecule has 9 heteroatoms. The Morgan fingerprint density at radius 2 is 1.77 bits per heavy atom. The quantitative estimate of drug-likeness (QED) is 0.710. The molecule has 0 bridgehead atoms. The number of carbonyl (C=O) groups is 2. The fourth-order valence-electron chi connectivity index (χ4n) is 3.28. The lowest BCUT2D eigenvalue weighted by Crippen LogP contribution is -2.50. The zero-order chi connectivity index (χ0) is 21.7. The van der Waals surface area contributed by atoms with Gasteiger partial charge in [-0.1, -0.05) is 12.1 Å². The second-order valence-corrected chi connectivity index (χ2v) is 6.53. The molecule has 0 saturated carbocycles. The van der Waals surface area contributed by atoms with E-state index >= 15 is 0 Å². The van der Waals surface area contributed by atoms with E-state index in [2.05, 4.69) is 10.6 Å². The van der Waals surface area contributed by atoms with Crippen LogP contribution in [0.4, 0.5) is 11.4 Å². The van der Waals surface area contributed by atoms with Crippen molar-refractivity contribution >= 4 is 23.2 Å². The number of nitrogens with zero attached hydrogens (tertiary/aromatic N) is 1. The lowest BCUT2D eigenvalue weighted by Gasteiger charge is -2.35. The lowest BCUT2D eigenvalue weighted by atomic mass is 10.1. The van der Waals surface area contributed by atoms with Gasteiger partial charge in [-0.05, 0) is 12.1 Å². The molecule has 2 N–H and O–H groups in total. The van der Waals surface area contributed by atoms with Crippen molar-refractivity contribution in [1.82, 2.24) is 5.32 Å². The Balaban J connectivity index is 1.79. The summed E-state index contributed by atoms with van der Waals surface area (Å²) >= 11 is 0. The normalized spacial score (nSPS) is 14.8. The lowest BCUT2D eigenvalue weighted by molar-refractivity contribution is -0.127. The van der Waals surface area contributed by atoms with E-state index in [1.807, 2.05) is 23.1 Å². The van der Waals surface area contributed by atoms with Crippen LogP contribution in [0.25, 0.3) is 0 Å². The van der Waals surface area contributed by atoms with Crippen LogP contribution in [0.3, 0.4) is 0 Å². The topological polar surface area (TPSA) is 98.4 Å². The van der Waals surface area contributed by atoms with Gasteiger partial charge in [0.1, 0.15) is 5.75 Å². The minimum absolute atomic E-state index is 0.0323. The van der Waals surface area contributed by atoms with Crippen LogP contribution in [0.2, 0.25) is 0 Å². The predicted molar refractivity (Wildman–Crippen MR) is 112 cm³/mol. The fraction of sp³-hybridized carbons (Fsp3) is 0.333. The molecule has 3 rings (SSSR count). The largest absolute Gasteiger partial charge is 0.493 e. The van der Waals surface area contributed by atoms with Crippen LogP contribution in [0.15, 0.2) is 36.4 Å². The van der Waals surface area contributed by atoms with Crippen LogP contribution >= 0.6 is 0 Å². The number of methoxy groups -OCH3 is 3. The Kier molecular flexibility index (Phi) is 6.51. The van der Waals surface area contributed by atoms with Crippen molar-refractivity contribution in [3.63, 3.8) is 0 Å². The fourth-order valence-corrected chi connectivity index (χ4v) is 3.28. The van der Waals surface area contributed by atoms with Gasteiger partial charge in [0.15, 0.2) is 17.6 Å². The first-order valence-corrected chi connectivity index (χ1v) is 9.32. The molecule has 0 aliphatic carbocycles. The smallest absolute Gasteiger partial charge is 0.262 e. The summed E-state index contributed by atoms with van der Waals surface area (Å²) in [5.41, 5.74) is 1.25. The van der Waals surface area contributed by atoms with Gasteiger partial charge in [0.25, 0.3) is 5.91 Å². The van der Waals surface area contributed by atoms with E-state index in [-0.39, 0.29) is 24.9 Å². The third kappa shape index (κ3) is 4.35. The summed E-state index contributed by atoms with van der Waals surface area (Å²) in [6.07, 6.45) is -0.709. The van der Waals surface area contributed by atoms with Crippen LogP contribution in [0, 0.1) is 0 Å². The minimum atomic E-state index is -0.709. The molecule has 1 atom stereocenters. The highest BCUT2D eigenvalue weighted by atomic mass is 16.5. The number of rotatable bonds is 7. The van der Waals surface area contributed by atoms with Crippen molar-refractivity contribution in [3.8, 4) is 23.0 Å². The standard InChI is InChI=1S/C21H25N3O6/c1-22-21(26)18-11-24(14-7-5-6-8-15(14)30-18)12-19(25)23-13-9-16(27-2)20(29-4)17(10-13)28-3/h5-10,18H,11-12H2,1-4H3,(H,22,26)(H,23,25). The highest BCUT2D eigenvalue weighted by Crippen LogP contribution is 2.40. The molecule has 0 fully saturated rings.